The van der Waals surface area contributed by atoms with Crippen molar-refractivity contribution in [3.05, 3.63) is 59.1 Å². The number of likely N-dealkylation sites (tertiary alicyclic amines) is 1. The molecule has 4 N–H and O–H groups in total. The molecule has 0 spiro atoms. The second-order valence-electron chi connectivity index (χ2n) is 8.73. The minimum absolute atomic E-state index is 0.100. The van der Waals surface area contributed by atoms with Gasteiger partial charge in [-0.2, -0.15) is 0 Å². The fraction of sp³-hybridized carbons (Fsp3) is 0.483. The minimum Gasteiger partial charge on any atom is -0.364 e. The molecule has 1 aromatic heterocycles. The van der Waals surface area contributed by atoms with Gasteiger partial charge in [-0.15, -0.1) is 0 Å². The lowest BCUT2D eigenvalue weighted by Gasteiger charge is -2.29. The smallest absolute Gasteiger partial charge is 0.271 e. The largest absolute Gasteiger partial charge is 0.364 e. The first-order chi connectivity index (χ1) is 18.8. The summed E-state index contributed by atoms with van der Waals surface area (Å²) in [6.07, 6.45) is 6.98. The van der Waals surface area contributed by atoms with E-state index in [1.807, 2.05) is 72.0 Å². The maximum Gasteiger partial charge on any atom is 0.271 e. The number of anilines is 2. The number of aromatic nitrogens is 2. The summed E-state index contributed by atoms with van der Waals surface area (Å²) >= 11 is 0. The average Bonchev–Trinajstić information content (AvgIpc) is 2.91. The van der Waals surface area contributed by atoms with E-state index in [1.54, 1.807) is 11.0 Å². The first-order valence-electron chi connectivity index (χ1n) is 13.6. The van der Waals surface area contributed by atoms with E-state index in [-0.39, 0.29) is 11.6 Å². The van der Waals surface area contributed by atoms with E-state index < -0.39 is 5.91 Å². The number of benzene rings is 1. The first-order valence-corrected chi connectivity index (χ1v) is 13.6. The third-order valence-corrected chi connectivity index (χ3v) is 5.99. The van der Waals surface area contributed by atoms with Crippen LogP contribution in [-0.2, 0) is 22.4 Å². The van der Waals surface area contributed by atoms with Crippen molar-refractivity contribution in [2.75, 3.05) is 45.1 Å². The molecule has 0 unspecified atom stereocenters. The van der Waals surface area contributed by atoms with Gasteiger partial charge >= 0.3 is 0 Å². The van der Waals surface area contributed by atoms with Crippen LogP contribution in [0.4, 0.5) is 11.5 Å². The molecule has 10 heteroatoms. The van der Waals surface area contributed by atoms with Crippen LogP contribution in [0.5, 0.6) is 0 Å². The molecule has 0 atom stereocenters. The Labute approximate surface area is 233 Å². The molecular weight excluding hydrogens is 494 g/mol. The zero-order valence-corrected chi connectivity index (χ0v) is 24.3. The van der Waals surface area contributed by atoms with Crippen molar-refractivity contribution in [3.8, 4) is 0 Å². The Morgan fingerprint density at radius 3 is 2.46 bits per heavy atom. The van der Waals surface area contributed by atoms with Gasteiger partial charge in [0.25, 0.3) is 5.91 Å². The summed E-state index contributed by atoms with van der Waals surface area (Å²) in [5, 5.41) is 5.74. The Hall–Kier alpha value is -3.79. The van der Waals surface area contributed by atoms with Crippen LogP contribution in [0.2, 0.25) is 0 Å². The minimum atomic E-state index is -0.619. The van der Waals surface area contributed by atoms with Crippen LogP contribution in [0.3, 0.4) is 0 Å². The van der Waals surface area contributed by atoms with Crippen LogP contribution in [-0.4, -0.2) is 77.8 Å². The molecule has 0 saturated carbocycles. The number of amides is 3. The normalized spacial score (nSPS) is 12.3. The molecule has 0 bridgehead atoms. The predicted molar refractivity (Wildman–Crippen MR) is 157 cm³/mol. The van der Waals surface area contributed by atoms with E-state index in [1.165, 1.54) is 19.5 Å². The van der Waals surface area contributed by atoms with Gasteiger partial charge in [0.2, 0.25) is 12.3 Å². The summed E-state index contributed by atoms with van der Waals surface area (Å²) in [6.45, 7) is 14.4. The van der Waals surface area contributed by atoms with Crippen molar-refractivity contribution in [2.45, 2.75) is 53.9 Å². The molecule has 2 heterocycles. The lowest BCUT2D eigenvalue weighted by molar-refractivity contribution is -0.124. The molecule has 2 aromatic rings. The lowest BCUT2D eigenvalue weighted by atomic mass is 10.1. The van der Waals surface area contributed by atoms with Gasteiger partial charge < -0.3 is 21.3 Å². The molecule has 3 amide bonds. The van der Waals surface area contributed by atoms with E-state index in [9.17, 15) is 14.4 Å². The predicted octanol–water partition coefficient (Wildman–Crippen LogP) is 3.23. The highest BCUT2D eigenvalue weighted by Crippen LogP contribution is 2.20. The molecule has 39 heavy (non-hydrogen) atoms. The van der Waals surface area contributed by atoms with Crippen molar-refractivity contribution >= 4 is 29.7 Å². The summed E-state index contributed by atoms with van der Waals surface area (Å²) in [4.78, 5) is 46.0. The Morgan fingerprint density at radius 2 is 1.90 bits per heavy atom. The molecule has 10 nitrogen and oxygen atoms in total. The van der Waals surface area contributed by atoms with Gasteiger partial charge in [0.1, 0.15) is 0 Å². The highest BCUT2D eigenvalue weighted by Gasteiger charge is 2.15. The number of hydrogen-bond acceptors (Lipinski definition) is 7. The van der Waals surface area contributed by atoms with Crippen LogP contribution < -0.4 is 16.4 Å². The molecule has 1 saturated heterocycles. The SMILES string of the molecule is CC.CCN(C)C(=O)/C=C/CN1CCC1.CCc1nc(C(N)=O)c(Nc2cccc(CCNC=O)c2)nc1C. The summed E-state index contributed by atoms with van der Waals surface area (Å²) in [7, 11) is 1.82. The number of nitrogens with two attached hydrogens (primary N) is 1. The third-order valence-electron chi connectivity index (χ3n) is 5.99. The second-order valence-corrected chi connectivity index (χ2v) is 8.73. The fourth-order valence-corrected chi connectivity index (χ4v) is 3.51. The first kappa shape index (κ1) is 33.2. The Bertz CT molecular complexity index is 1080. The molecular formula is C29H45N7O3. The number of carbonyl (C=O) groups is 3. The molecule has 1 fully saturated rings. The Morgan fingerprint density at radius 1 is 1.18 bits per heavy atom. The molecule has 1 aliphatic rings. The van der Waals surface area contributed by atoms with Gasteiger partial charge in [0, 0.05) is 38.4 Å². The topological polar surface area (TPSA) is 134 Å². The second kappa shape index (κ2) is 18.5. The summed E-state index contributed by atoms with van der Waals surface area (Å²) in [5.41, 5.74) is 8.90. The number of nitrogens with one attached hydrogen (secondary N) is 2. The van der Waals surface area contributed by atoms with E-state index in [0.29, 0.717) is 31.6 Å². The number of rotatable bonds is 12. The van der Waals surface area contributed by atoms with E-state index in [0.717, 1.165) is 35.7 Å². The van der Waals surface area contributed by atoms with Crippen molar-refractivity contribution < 1.29 is 14.4 Å². The molecule has 0 radical (unpaired) electrons. The number of aryl methyl sites for hydroxylation is 2. The average molecular weight is 540 g/mol. The van der Waals surface area contributed by atoms with Crippen LogP contribution >= 0.6 is 0 Å². The number of carbonyl (C=O) groups excluding carboxylic acids is 3. The van der Waals surface area contributed by atoms with E-state index in [2.05, 4.69) is 25.5 Å². The van der Waals surface area contributed by atoms with Crippen molar-refractivity contribution in [1.29, 1.82) is 0 Å². The quantitative estimate of drug-likeness (QED) is 0.214. The zero-order chi connectivity index (χ0) is 29.2. The van der Waals surface area contributed by atoms with E-state index in [4.69, 9.17) is 5.73 Å². The molecule has 1 aliphatic heterocycles. The van der Waals surface area contributed by atoms with Gasteiger partial charge in [-0.3, -0.25) is 19.3 Å². The van der Waals surface area contributed by atoms with Gasteiger partial charge in [0.05, 0.1) is 11.4 Å². The molecule has 214 valence electrons. The van der Waals surface area contributed by atoms with Crippen molar-refractivity contribution in [1.82, 2.24) is 25.1 Å². The molecule has 3 rings (SSSR count). The van der Waals surface area contributed by atoms with Crippen LogP contribution in [0.25, 0.3) is 0 Å². The maximum atomic E-state index is 11.7. The maximum absolute atomic E-state index is 11.7. The van der Waals surface area contributed by atoms with Crippen molar-refractivity contribution in [2.24, 2.45) is 5.73 Å². The van der Waals surface area contributed by atoms with Crippen LogP contribution in [0, 0.1) is 6.92 Å². The monoisotopic (exact) mass is 539 g/mol. The summed E-state index contributed by atoms with van der Waals surface area (Å²) in [5.74, 6) is -0.172. The van der Waals surface area contributed by atoms with Crippen molar-refractivity contribution in [3.63, 3.8) is 0 Å². The van der Waals surface area contributed by atoms with Gasteiger partial charge in [0.15, 0.2) is 11.5 Å². The summed E-state index contributed by atoms with van der Waals surface area (Å²) in [6, 6.07) is 7.65. The Kier molecular flexibility index (Phi) is 15.7. The number of primary amides is 1. The van der Waals surface area contributed by atoms with Crippen LogP contribution in [0.1, 0.15) is 61.6 Å². The zero-order valence-electron chi connectivity index (χ0n) is 24.3. The molecule has 1 aromatic carbocycles. The number of nitrogens with zero attached hydrogens (tertiary/aromatic N) is 4. The van der Waals surface area contributed by atoms with Gasteiger partial charge in [-0.1, -0.05) is 39.0 Å². The standard InChI is InChI=1S/C17H21N5O2.C10H18N2O.C2H6/c1-3-14-11(2)20-17(15(22-14)16(18)24)21-13-6-4-5-12(9-13)7-8-19-10-23;1-3-11(2)10(13)6-4-7-12-8-5-9-12;1-2/h4-6,9-10H,3,7-8H2,1-2H3,(H2,18,24)(H,19,23)(H,20,21);4,6H,3,5,7-9H2,1-2H3;1-2H3/b;6-4+;. The number of likely N-dealkylation sites (N-methyl/N-ethyl adjacent to an activating group) is 1. The van der Waals surface area contributed by atoms with E-state index >= 15 is 0 Å². The highest BCUT2D eigenvalue weighted by atomic mass is 16.2. The lowest BCUT2D eigenvalue weighted by Crippen LogP contribution is -2.37. The van der Waals surface area contributed by atoms with Gasteiger partial charge in [-0.05, 0) is 63.9 Å². The van der Waals surface area contributed by atoms with Crippen LogP contribution in [0.15, 0.2) is 36.4 Å². The summed E-state index contributed by atoms with van der Waals surface area (Å²) < 4.78 is 0. The van der Waals surface area contributed by atoms with Gasteiger partial charge in [-0.25, -0.2) is 9.97 Å². The third kappa shape index (κ3) is 11.6. The highest BCUT2D eigenvalue weighted by molar-refractivity contribution is 5.96. The Balaban J connectivity index is 0.000000428. The fourth-order valence-electron chi connectivity index (χ4n) is 3.51. The molecule has 0 aliphatic carbocycles. The number of hydrogen-bond donors (Lipinski definition) is 3.